The first kappa shape index (κ1) is 9.58. The van der Waals surface area contributed by atoms with Gasteiger partial charge < -0.3 is 10.5 Å². The number of carbonyl (C=O) groups excluding carboxylic acids is 1. The standard InChI is InChI=1S/C11H12N2O2/c12-10-5-2-1-4-9(10)8-13-6-3-7-15-11(13)14/h1-5,7H,6,8,12H2. The number of amides is 1. The van der Waals surface area contributed by atoms with E-state index in [1.807, 2.05) is 24.3 Å². The Labute approximate surface area is 87.9 Å². The van der Waals surface area contributed by atoms with Gasteiger partial charge in [-0.15, -0.1) is 0 Å². The van der Waals surface area contributed by atoms with Crippen molar-refractivity contribution in [3.63, 3.8) is 0 Å². The third-order valence-corrected chi connectivity index (χ3v) is 2.27. The van der Waals surface area contributed by atoms with Crippen molar-refractivity contribution in [2.75, 3.05) is 12.3 Å². The van der Waals surface area contributed by atoms with E-state index in [9.17, 15) is 4.79 Å². The maximum absolute atomic E-state index is 11.3. The van der Waals surface area contributed by atoms with E-state index in [4.69, 9.17) is 10.5 Å². The summed E-state index contributed by atoms with van der Waals surface area (Å²) in [6.45, 7) is 1.04. The Kier molecular flexibility index (Phi) is 2.58. The van der Waals surface area contributed by atoms with Gasteiger partial charge in [0.15, 0.2) is 0 Å². The number of nitrogens with zero attached hydrogens (tertiary/aromatic N) is 1. The van der Waals surface area contributed by atoms with Crippen LogP contribution in [0.2, 0.25) is 0 Å². The molecule has 0 saturated carbocycles. The summed E-state index contributed by atoms with van der Waals surface area (Å²) in [4.78, 5) is 12.9. The lowest BCUT2D eigenvalue weighted by atomic mass is 10.1. The smallest absolute Gasteiger partial charge is 0.415 e. The molecular formula is C11H12N2O2. The molecule has 0 aliphatic carbocycles. The van der Waals surface area contributed by atoms with E-state index in [-0.39, 0.29) is 6.09 Å². The van der Waals surface area contributed by atoms with Gasteiger partial charge >= 0.3 is 6.09 Å². The van der Waals surface area contributed by atoms with Crippen molar-refractivity contribution in [2.24, 2.45) is 0 Å². The summed E-state index contributed by atoms with van der Waals surface area (Å²) in [5, 5.41) is 0. The second-order valence-corrected chi connectivity index (χ2v) is 3.33. The third kappa shape index (κ3) is 2.10. The molecule has 0 fully saturated rings. The zero-order valence-electron chi connectivity index (χ0n) is 8.22. The predicted molar refractivity (Wildman–Crippen MR) is 56.9 cm³/mol. The Morgan fingerprint density at radius 3 is 2.93 bits per heavy atom. The van der Waals surface area contributed by atoms with Crippen LogP contribution in [0, 0.1) is 0 Å². The van der Waals surface area contributed by atoms with Crippen molar-refractivity contribution < 1.29 is 9.53 Å². The van der Waals surface area contributed by atoms with Crippen LogP contribution < -0.4 is 5.73 Å². The maximum Gasteiger partial charge on any atom is 0.415 e. The van der Waals surface area contributed by atoms with E-state index >= 15 is 0 Å². The SMILES string of the molecule is Nc1ccccc1CN1CC=COC1=O. The van der Waals surface area contributed by atoms with Crippen LogP contribution >= 0.6 is 0 Å². The monoisotopic (exact) mass is 204 g/mol. The number of cyclic esters (lactones) is 1. The van der Waals surface area contributed by atoms with Gasteiger partial charge in [0.05, 0.1) is 12.8 Å². The van der Waals surface area contributed by atoms with Crippen LogP contribution in [0.3, 0.4) is 0 Å². The summed E-state index contributed by atoms with van der Waals surface area (Å²) in [6, 6.07) is 7.49. The average molecular weight is 204 g/mol. The molecule has 0 unspecified atom stereocenters. The number of benzene rings is 1. The Morgan fingerprint density at radius 2 is 2.20 bits per heavy atom. The van der Waals surface area contributed by atoms with Crippen LogP contribution in [-0.4, -0.2) is 17.5 Å². The number of anilines is 1. The Balaban J connectivity index is 2.12. The summed E-state index contributed by atoms with van der Waals surface area (Å²) in [7, 11) is 0. The normalized spacial score (nSPS) is 15.2. The molecule has 4 nitrogen and oxygen atoms in total. The second kappa shape index (κ2) is 4.04. The van der Waals surface area contributed by atoms with Gasteiger partial charge in [0, 0.05) is 12.2 Å². The molecule has 0 aromatic heterocycles. The van der Waals surface area contributed by atoms with Crippen LogP contribution in [0.4, 0.5) is 10.5 Å². The molecule has 1 heterocycles. The largest absolute Gasteiger partial charge is 0.418 e. The van der Waals surface area contributed by atoms with E-state index in [0.29, 0.717) is 18.8 Å². The fourth-order valence-electron chi connectivity index (χ4n) is 1.44. The quantitative estimate of drug-likeness (QED) is 0.746. The average Bonchev–Trinajstić information content (AvgIpc) is 2.24. The zero-order valence-corrected chi connectivity index (χ0v) is 8.22. The van der Waals surface area contributed by atoms with Gasteiger partial charge in [-0.3, -0.25) is 4.90 Å². The van der Waals surface area contributed by atoms with Crippen LogP contribution in [0.25, 0.3) is 0 Å². The highest BCUT2D eigenvalue weighted by Gasteiger charge is 2.17. The minimum Gasteiger partial charge on any atom is -0.418 e. The van der Waals surface area contributed by atoms with Crippen molar-refractivity contribution in [3.05, 3.63) is 42.2 Å². The first-order chi connectivity index (χ1) is 7.27. The highest BCUT2D eigenvalue weighted by atomic mass is 16.5. The van der Waals surface area contributed by atoms with Crippen molar-refractivity contribution >= 4 is 11.8 Å². The zero-order chi connectivity index (χ0) is 10.7. The van der Waals surface area contributed by atoms with Crippen molar-refractivity contribution in [1.82, 2.24) is 4.90 Å². The van der Waals surface area contributed by atoms with Crippen LogP contribution in [0.15, 0.2) is 36.6 Å². The molecule has 2 N–H and O–H groups in total. The van der Waals surface area contributed by atoms with Crippen molar-refractivity contribution in [1.29, 1.82) is 0 Å². The fraction of sp³-hybridized carbons (Fsp3) is 0.182. The Hall–Kier alpha value is -1.97. The predicted octanol–water partition coefficient (Wildman–Crippen LogP) is 1.73. The van der Waals surface area contributed by atoms with Crippen LogP contribution in [0.1, 0.15) is 5.56 Å². The highest BCUT2D eigenvalue weighted by molar-refractivity contribution is 5.69. The molecule has 15 heavy (non-hydrogen) atoms. The number of rotatable bonds is 2. The van der Waals surface area contributed by atoms with Gasteiger partial charge in [-0.2, -0.15) is 0 Å². The summed E-state index contributed by atoms with van der Waals surface area (Å²) < 4.78 is 4.77. The van der Waals surface area contributed by atoms with Crippen molar-refractivity contribution in [2.45, 2.75) is 6.54 Å². The number of para-hydroxylation sites is 1. The molecule has 0 spiro atoms. The van der Waals surface area contributed by atoms with E-state index in [1.165, 1.54) is 6.26 Å². The Bertz CT molecular complexity index is 401. The van der Waals surface area contributed by atoms with Crippen LogP contribution in [0.5, 0.6) is 0 Å². The number of nitrogen functional groups attached to an aromatic ring is 1. The number of ether oxygens (including phenoxy) is 1. The van der Waals surface area contributed by atoms with E-state index in [0.717, 1.165) is 5.56 Å². The molecule has 0 atom stereocenters. The van der Waals surface area contributed by atoms with E-state index in [2.05, 4.69) is 0 Å². The number of carbonyl (C=O) groups is 1. The van der Waals surface area contributed by atoms with Gasteiger partial charge in [0.2, 0.25) is 0 Å². The van der Waals surface area contributed by atoms with Crippen molar-refractivity contribution in [3.8, 4) is 0 Å². The molecule has 2 rings (SSSR count). The molecule has 1 aliphatic rings. The van der Waals surface area contributed by atoms with Gasteiger partial charge in [-0.1, -0.05) is 18.2 Å². The first-order valence-corrected chi connectivity index (χ1v) is 4.71. The highest BCUT2D eigenvalue weighted by Crippen LogP contribution is 2.15. The summed E-state index contributed by atoms with van der Waals surface area (Å²) >= 11 is 0. The molecule has 1 aliphatic heterocycles. The first-order valence-electron chi connectivity index (χ1n) is 4.71. The van der Waals surface area contributed by atoms with Gasteiger partial charge in [0.25, 0.3) is 0 Å². The Morgan fingerprint density at radius 1 is 1.40 bits per heavy atom. The number of hydrogen-bond donors (Lipinski definition) is 1. The van der Waals surface area contributed by atoms with E-state index < -0.39 is 0 Å². The molecule has 0 saturated heterocycles. The fourth-order valence-corrected chi connectivity index (χ4v) is 1.44. The minimum absolute atomic E-state index is 0.333. The lowest BCUT2D eigenvalue weighted by Gasteiger charge is -2.22. The lowest BCUT2D eigenvalue weighted by Crippen LogP contribution is -2.32. The molecule has 0 bridgehead atoms. The maximum atomic E-state index is 11.3. The van der Waals surface area contributed by atoms with Crippen LogP contribution in [-0.2, 0) is 11.3 Å². The molecule has 1 aromatic rings. The topological polar surface area (TPSA) is 55.6 Å². The summed E-state index contributed by atoms with van der Waals surface area (Å²) in [6.07, 6.45) is 2.87. The molecule has 1 aromatic carbocycles. The third-order valence-electron chi connectivity index (χ3n) is 2.27. The summed E-state index contributed by atoms with van der Waals surface area (Å²) in [5.74, 6) is 0. The van der Waals surface area contributed by atoms with Gasteiger partial charge in [0.1, 0.15) is 0 Å². The number of hydrogen-bond acceptors (Lipinski definition) is 3. The minimum atomic E-state index is -0.333. The molecule has 1 amide bonds. The summed E-state index contributed by atoms with van der Waals surface area (Å²) in [5.41, 5.74) is 7.42. The molecular weight excluding hydrogens is 192 g/mol. The van der Waals surface area contributed by atoms with E-state index in [1.54, 1.807) is 11.0 Å². The molecule has 78 valence electrons. The van der Waals surface area contributed by atoms with Gasteiger partial charge in [-0.05, 0) is 17.7 Å². The molecule has 0 radical (unpaired) electrons. The lowest BCUT2D eigenvalue weighted by molar-refractivity contribution is 0.131. The molecule has 4 heteroatoms. The second-order valence-electron chi connectivity index (χ2n) is 3.33. The number of nitrogens with two attached hydrogens (primary N) is 1. The van der Waals surface area contributed by atoms with Gasteiger partial charge in [-0.25, -0.2) is 4.79 Å².